The highest BCUT2D eigenvalue weighted by Gasteiger charge is 2.17. The highest BCUT2D eigenvalue weighted by molar-refractivity contribution is 7.89. The van der Waals surface area contributed by atoms with Gasteiger partial charge in [-0.3, -0.25) is 4.79 Å². The molecule has 0 radical (unpaired) electrons. The lowest BCUT2D eigenvalue weighted by Crippen LogP contribution is -2.22. The number of aromatic nitrogens is 2. The predicted octanol–water partition coefficient (Wildman–Crippen LogP) is 2.75. The standard InChI is InChI=1S/C19H20N4O3S/c1-12-13(2)21-18-11-14(5-10-17(18)20-12)19(24)22-15-6-8-16(9-7-15)27(25,26)23(3)4/h5-11H,1-4H3,(H,22,24). The molecule has 1 N–H and O–H groups in total. The fourth-order valence-electron chi connectivity index (χ4n) is 2.50. The van der Waals surface area contributed by atoms with Crippen LogP contribution in [-0.4, -0.2) is 42.7 Å². The van der Waals surface area contributed by atoms with Crippen LogP contribution in [0.2, 0.25) is 0 Å². The van der Waals surface area contributed by atoms with Crippen LogP contribution in [0.4, 0.5) is 5.69 Å². The third kappa shape index (κ3) is 3.81. The van der Waals surface area contributed by atoms with Gasteiger partial charge in [-0.25, -0.2) is 22.7 Å². The van der Waals surface area contributed by atoms with Crippen LogP contribution in [0, 0.1) is 13.8 Å². The highest BCUT2D eigenvalue weighted by atomic mass is 32.2. The Morgan fingerprint density at radius 3 is 2.11 bits per heavy atom. The monoisotopic (exact) mass is 384 g/mol. The Bertz CT molecular complexity index is 1120. The van der Waals surface area contributed by atoms with E-state index >= 15 is 0 Å². The van der Waals surface area contributed by atoms with Crippen molar-refractivity contribution in [3.05, 3.63) is 59.4 Å². The molecule has 1 amide bonds. The normalized spacial score (nSPS) is 11.7. The molecule has 1 aromatic heterocycles. The molecule has 2 aromatic carbocycles. The second-order valence-corrected chi connectivity index (χ2v) is 8.52. The summed E-state index contributed by atoms with van der Waals surface area (Å²) in [4.78, 5) is 21.6. The molecule has 1 heterocycles. The van der Waals surface area contributed by atoms with E-state index in [0.29, 0.717) is 16.8 Å². The first kappa shape index (κ1) is 18.9. The van der Waals surface area contributed by atoms with Crippen molar-refractivity contribution in [2.24, 2.45) is 0 Å². The van der Waals surface area contributed by atoms with E-state index in [1.54, 1.807) is 30.3 Å². The smallest absolute Gasteiger partial charge is 0.255 e. The van der Waals surface area contributed by atoms with Gasteiger partial charge in [0.05, 0.1) is 27.3 Å². The molecule has 0 bridgehead atoms. The number of sulfonamides is 1. The molecule has 0 fully saturated rings. The second-order valence-electron chi connectivity index (χ2n) is 6.36. The van der Waals surface area contributed by atoms with E-state index in [1.807, 2.05) is 13.8 Å². The zero-order valence-electron chi connectivity index (χ0n) is 15.5. The van der Waals surface area contributed by atoms with E-state index in [-0.39, 0.29) is 10.8 Å². The van der Waals surface area contributed by atoms with Gasteiger partial charge in [0, 0.05) is 25.3 Å². The van der Waals surface area contributed by atoms with Gasteiger partial charge in [0.1, 0.15) is 0 Å². The van der Waals surface area contributed by atoms with Crippen LogP contribution in [0.5, 0.6) is 0 Å². The molecule has 3 aromatic rings. The summed E-state index contributed by atoms with van der Waals surface area (Å²) in [5.41, 5.74) is 4.00. The minimum Gasteiger partial charge on any atom is -0.322 e. The lowest BCUT2D eigenvalue weighted by molar-refractivity contribution is 0.102. The highest BCUT2D eigenvalue weighted by Crippen LogP contribution is 2.19. The maximum absolute atomic E-state index is 12.5. The molecule has 0 aliphatic heterocycles. The van der Waals surface area contributed by atoms with Crippen molar-refractivity contribution >= 4 is 32.7 Å². The zero-order valence-corrected chi connectivity index (χ0v) is 16.3. The van der Waals surface area contributed by atoms with Crippen LogP contribution in [-0.2, 0) is 10.0 Å². The molecule has 0 atom stereocenters. The fraction of sp³-hybridized carbons (Fsp3) is 0.211. The topological polar surface area (TPSA) is 92.3 Å². The Morgan fingerprint density at radius 1 is 0.926 bits per heavy atom. The van der Waals surface area contributed by atoms with Crippen LogP contribution in [0.25, 0.3) is 11.0 Å². The molecule has 140 valence electrons. The van der Waals surface area contributed by atoms with Crippen molar-refractivity contribution in [1.82, 2.24) is 14.3 Å². The number of carbonyl (C=O) groups is 1. The minimum absolute atomic E-state index is 0.164. The molecule has 27 heavy (non-hydrogen) atoms. The first-order chi connectivity index (χ1) is 12.7. The molecule has 0 aliphatic rings. The number of nitrogens with one attached hydrogen (secondary N) is 1. The predicted molar refractivity (Wildman–Crippen MR) is 104 cm³/mol. The summed E-state index contributed by atoms with van der Waals surface area (Å²) < 4.78 is 25.3. The Labute approximate surface area is 158 Å². The number of carbonyl (C=O) groups excluding carboxylic acids is 1. The summed E-state index contributed by atoms with van der Waals surface area (Å²) in [6.45, 7) is 3.76. The molecular formula is C19H20N4O3S. The van der Waals surface area contributed by atoms with Crippen molar-refractivity contribution in [3.8, 4) is 0 Å². The zero-order chi connectivity index (χ0) is 19.8. The van der Waals surface area contributed by atoms with Gasteiger partial charge in [0.25, 0.3) is 5.91 Å². The van der Waals surface area contributed by atoms with E-state index in [4.69, 9.17) is 0 Å². The van der Waals surface area contributed by atoms with Crippen molar-refractivity contribution in [1.29, 1.82) is 0 Å². The molecule has 0 spiro atoms. The van der Waals surface area contributed by atoms with Gasteiger partial charge in [0.2, 0.25) is 10.0 Å². The second kappa shape index (κ2) is 7.05. The lowest BCUT2D eigenvalue weighted by atomic mass is 10.1. The Kier molecular flexibility index (Phi) is 4.95. The quantitative estimate of drug-likeness (QED) is 0.747. The molecule has 0 aliphatic carbocycles. The number of amides is 1. The van der Waals surface area contributed by atoms with Crippen molar-refractivity contribution < 1.29 is 13.2 Å². The Balaban J connectivity index is 1.83. The number of hydrogen-bond donors (Lipinski definition) is 1. The van der Waals surface area contributed by atoms with Crippen LogP contribution in [0.3, 0.4) is 0 Å². The summed E-state index contributed by atoms with van der Waals surface area (Å²) in [6.07, 6.45) is 0. The average Bonchev–Trinajstić information content (AvgIpc) is 2.62. The van der Waals surface area contributed by atoms with E-state index in [0.717, 1.165) is 21.2 Å². The molecule has 3 rings (SSSR count). The summed E-state index contributed by atoms with van der Waals surface area (Å²) in [7, 11) is -0.563. The summed E-state index contributed by atoms with van der Waals surface area (Å²) in [5, 5.41) is 2.76. The maximum Gasteiger partial charge on any atom is 0.255 e. The molecule has 8 heteroatoms. The van der Waals surface area contributed by atoms with Crippen LogP contribution in [0.15, 0.2) is 47.4 Å². The Morgan fingerprint density at radius 2 is 1.52 bits per heavy atom. The van der Waals surface area contributed by atoms with Crippen molar-refractivity contribution in [2.75, 3.05) is 19.4 Å². The third-order valence-corrected chi connectivity index (χ3v) is 6.06. The lowest BCUT2D eigenvalue weighted by Gasteiger charge is -2.12. The van der Waals surface area contributed by atoms with Crippen LogP contribution in [0.1, 0.15) is 21.7 Å². The van der Waals surface area contributed by atoms with Gasteiger partial charge >= 0.3 is 0 Å². The van der Waals surface area contributed by atoms with E-state index in [1.165, 1.54) is 26.2 Å². The molecule has 7 nitrogen and oxygen atoms in total. The van der Waals surface area contributed by atoms with Crippen LogP contribution >= 0.6 is 0 Å². The minimum atomic E-state index is -3.50. The molecular weight excluding hydrogens is 364 g/mol. The number of aryl methyl sites for hydroxylation is 2. The largest absolute Gasteiger partial charge is 0.322 e. The summed E-state index contributed by atoms with van der Waals surface area (Å²) in [6, 6.07) is 11.2. The van der Waals surface area contributed by atoms with Crippen molar-refractivity contribution in [2.45, 2.75) is 18.7 Å². The van der Waals surface area contributed by atoms with E-state index < -0.39 is 10.0 Å². The van der Waals surface area contributed by atoms with Crippen LogP contribution < -0.4 is 5.32 Å². The summed E-state index contributed by atoms with van der Waals surface area (Å²) in [5.74, 6) is -0.305. The maximum atomic E-state index is 12.5. The first-order valence-electron chi connectivity index (χ1n) is 8.27. The number of rotatable bonds is 4. The van der Waals surface area contributed by atoms with Crippen molar-refractivity contribution in [3.63, 3.8) is 0 Å². The number of fused-ring (bicyclic) bond motifs is 1. The fourth-order valence-corrected chi connectivity index (χ4v) is 3.40. The molecule has 0 saturated heterocycles. The first-order valence-corrected chi connectivity index (χ1v) is 9.71. The number of benzene rings is 2. The molecule has 0 saturated carbocycles. The van der Waals surface area contributed by atoms with Gasteiger partial charge in [0.15, 0.2) is 0 Å². The number of hydrogen-bond acceptors (Lipinski definition) is 5. The SMILES string of the molecule is Cc1nc2ccc(C(=O)Nc3ccc(S(=O)(=O)N(C)C)cc3)cc2nc1C. The van der Waals surface area contributed by atoms with E-state index in [9.17, 15) is 13.2 Å². The Hall–Kier alpha value is -2.84. The van der Waals surface area contributed by atoms with Gasteiger partial charge in [-0.2, -0.15) is 0 Å². The number of nitrogens with zero attached hydrogens (tertiary/aromatic N) is 3. The third-order valence-electron chi connectivity index (χ3n) is 4.23. The van der Waals surface area contributed by atoms with E-state index in [2.05, 4.69) is 15.3 Å². The summed E-state index contributed by atoms with van der Waals surface area (Å²) >= 11 is 0. The van der Waals surface area contributed by atoms with Gasteiger partial charge in [-0.1, -0.05) is 0 Å². The van der Waals surface area contributed by atoms with Gasteiger partial charge in [-0.05, 0) is 56.3 Å². The van der Waals surface area contributed by atoms with Gasteiger partial charge in [-0.15, -0.1) is 0 Å². The van der Waals surface area contributed by atoms with Gasteiger partial charge < -0.3 is 5.32 Å². The average molecular weight is 384 g/mol. The number of anilines is 1. The molecule has 0 unspecified atom stereocenters.